The third-order valence-corrected chi connectivity index (χ3v) is 19.5. The number of hydrogen-bond acceptors (Lipinski definition) is 1. The second kappa shape index (κ2) is 14.7. The number of rotatable bonds is 7. The Bertz CT molecular complexity index is 3800. The normalized spacial score (nSPS) is 12.1. The molecular weight excluding hydrogens is 809 g/mol. The molecule has 0 fully saturated rings. The summed E-state index contributed by atoms with van der Waals surface area (Å²) in [5.41, 5.74) is 9.64. The summed E-state index contributed by atoms with van der Waals surface area (Å²) in [5.74, 6) is 0. The molecule has 0 N–H and O–H groups in total. The Morgan fingerprint density at radius 3 is 1.47 bits per heavy atom. The Kier molecular flexibility index (Phi) is 8.45. The molecule has 0 aliphatic rings. The smallest absolute Gasteiger partial charge is 0.179 e. The van der Waals surface area contributed by atoms with E-state index in [1.54, 1.807) is 0 Å². The van der Waals surface area contributed by atoms with Gasteiger partial charge in [0.1, 0.15) is 0 Å². The summed E-state index contributed by atoms with van der Waals surface area (Å²) in [6.45, 7) is 0. The van der Waals surface area contributed by atoms with Gasteiger partial charge in [0.2, 0.25) is 0 Å². The number of nitrogens with zero attached hydrogens (tertiary/aromatic N) is 2. The van der Waals surface area contributed by atoms with Crippen molar-refractivity contribution in [3.63, 3.8) is 0 Å². The van der Waals surface area contributed by atoms with E-state index >= 15 is 0 Å². The Hall–Kier alpha value is -7.76. The van der Waals surface area contributed by atoms with Crippen molar-refractivity contribution < 1.29 is 0 Å². The zero-order chi connectivity index (χ0) is 42.2. The molecule has 13 rings (SSSR count). The van der Waals surface area contributed by atoms with Gasteiger partial charge in [-0.05, 0) is 74.8 Å². The van der Waals surface area contributed by atoms with Crippen molar-refractivity contribution >= 4 is 104 Å². The van der Waals surface area contributed by atoms with Crippen molar-refractivity contribution in [1.29, 1.82) is 0 Å². The van der Waals surface area contributed by atoms with E-state index in [1.165, 1.54) is 101 Å². The molecule has 0 saturated carbocycles. The minimum atomic E-state index is -2.77. The molecule has 0 atom stereocenters. The number of benzene rings is 10. The van der Waals surface area contributed by atoms with Crippen LogP contribution >= 0.6 is 11.3 Å². The third kappa shape index (κ3) is 5.37. The van der Waals surface area contributed by atoms with Gasteiger partial charge in [0, 0.05) is 53.0 Å². The van der Waals surface area contributed by atoms with Crippen molar-refractivity contribution in [3.8, 4) is 22.5 Å². The molecule has 13 aromatic rings. The minimum Gasteiger partial charge on any atom is -0.309 e. The maximum absolute atomic E-state index is 2.77. The van der Waals surface area contributed by atoms with Crippen molar-refractivity contribution in [2.45, 2.75) is 0 Å². The molecule has 0 saturated heterocycles. The van der Waals surface area contributed by atoms with Crippen LogP contribution in [0, 0.1) is 0 Å². The van der Waals surface area contributed by atoms with Gasteiger partial charge < -0.3 is 9.13 Å². The summed E-state index contributed by atoms with van der Waals surface area (Å²) in [7, 11) is -2.77. The van der Waals surface area contributed by atoms with Gasteiger partial charge in [-0.25, -0.2) is 0 Å². The van der Waals surface area contributed by atoms with Crippen LogP contribution in [0.1, 0.15) is 0 Å². The number of thiophene rings is 1. The number of aromatic nitrogens is 2. The van der Waals surface area contributed by atoms with Crippen LogP contribution < -0.4 is 20.7 Å². The monoisotopic (exact) mass is 848 g/mol. The van der Waals surface area contributed by atoms with Crippen LogP contribution in [0.3, 0.4) is 0 Å². The number of para-hydroxylation sites is 2. The molecule has 3 aromatic heterocycles. The SMILES string of the molecule is c1ccc([Si](c2ccccc2)(c2ccccc2)c2cccc(-n3c4ccccc4c4c(-n5c6ccccc6c6c(-c7cccc8c7sc7ccccc78)cccc65)cccc43)c2)cc1. The van der Waals surface area contributed by atoms with Crippen LogP contribution in [0.5, 0.6) is 0 Å². The van der Waals surface area contributed by atoms with Gasteiger partial charge in [-0.1, -0.05) is 194 Å². The summed E-state index contributed by atoms with van der Waals surface area (Å²) < 4.78 is 7.67. The Morgan fingerprint density at radius 1 is 0.312 bits per heavy atom. The zero-order valence-electron chi connectivity index (χ0n) is 34.9. The third-order valence-electron chi connectivity index (χ3n) is 13.5. The molecule has 0 aliphatic carbocycles. The minimum absolute atomic E-state index is 1.15. The molecular formula is C60H40N2SSi. The van der Waals surface area contributed by atoms with Gasteiger partial charge in [0.25, 0.3) is 0 Å². The lowest BCUT2D eigenvalue weighted by molar-refractivity contribution is 1.17. The molecule has 0 amide bonds. The highest BCUT2D eigenvalue weighted by molar-refractivity contribution is 7.26. The second-order valence-corrected chi connectivity index (χ2v) is 21.6. The Morgan fingerprint density at radius 2 is 0.781 bits per heavy atom. The van der Waals surface area contributed by atoms with E-state index in [0.29, 0.717) is 0 Å². The first-order chi connectivity index (χ1) is 31.8. The van der Waals surface area contributed by atoms with E-state index in [4.69, 9.17) is 0 Å². The Balaban J connectivity index is 1.07. The van der Waals surface area contributed by atoms with Gasteiger partial charge >= 0.3 is 0 Å². The first-order valence-electron chi connectivity index (χ1n) is 22.0. The van der Waals surface area contributed by atoms with Crippen molar-refractivity contribution in [2.24, 2.45) is 0 Å². The summed E-state index contributed by atoms with van der Waals surface area (Å²) in [6, 6.07) is 90.4. The predicted octanol–water partition coefficient (Wildman–Crippen LogP) is 13.3. The lowest BCUT2D eigenvalue weighted by Crippen LogP contribution is -2.74. The highest BCUT2D eigenvalue weighted by Gasteiger charge is 2.41. The molecule has 0 unspecified atom stereocenters. The summed E-state index contributed by atoms with van der Waals surface area (Å²) in [5, 5.41) is 13.1. The highest BCUT2D eigenvalue weighted by atomic mass is 32.1. The lowest BCUT2D eigenvalue weighted by atomic mass is 9.98. The van der Waals surface area contributed by atoms with Gasteiger partial charge in [-0.3, -0.25) is 0 Å². The topological polar surface area (TPSA) is 9.86 Å². The molecule has 10 aromatic carbocycles. The maximum Gasteiger partial charge on any atom is 0.179 e. The fourth-order valence-corrected chi connectivity index (χ4v) is 16.9. The van der Waals surface area contributed by atoms with Crippen LogP contribution in [0.15, 0.2) is 243 Å². The van der Waals surface area contributed by atoms with Crippen LogP contribution in [0.2, 0.25) is 0 Å². The first-order valence-corrected chi connectivity index (χ1v) is 24.8. The summed E-state index contributed by atoms with van der Waals surface area (Å²) in [4.78, 5) is 0. The summed E-state index contributed by atoms with van der Waals surface area (Å²) in [6.07, 6.45) is 0. The molecule has 0 bridgehead atoms. The standard InChI is InChI=1S/C60H40N2SSi/c1-4-21-42(22-5-1)64(43-23-6-2-7-24-43,44-25-8-3-9-26-44)45-27-16-20-41(40-45)61-52-34-13-11-30-51(52)59-55(61)37-19-38-56(59)62-53-35-14-10-29-50(53)58-47(31-18-36-54(58)62)49-33-17-32-48-46-28-12-15-39-57(46)63-60(48)49/h1-40H. The van der Waals surface area contributed by atoms with Crippen LogP contribution in [-0.4, -0.2) is 17.2 Å². The average molecular weight is 849 g/mol. The number of hydrogen-bond donors (Lipinski definition) is 0. The largest absolute Gasteiger partial charge is 0.309 e. The van der Waals surface area contributed by atoms with E-state index in [0.717, 1.165) is 5.69 Å². The second-order valence-electron chi connectivity index (χ2n) is 16.8. The molecule has 4 heteroatoms. The summed E-state index contributed by atoms with van der Waals surface area (Å²) >= 11 is 1.90. The van der Waals surface area contributed by atoms with Gasteiger partial charge in [-0.15, -0.1) is 11.3 Å². The van der Waals surface area contributed by atoms with Crippen molar-refractivity contribution in [1.82, 2.24) is 9.13 Å². The average Bonchev–Trinajstić information content (AvgIpc) is 4.04. The molecule has 0 aliphatic heterocycles. The number of fused-ring (bicyclic) bond motifs is 9. The molecule has 300 valence electrons. The van der Waals surface area contributed by atoms with Crippen LogP contribution in [0.25, 0.3) is 86.3 Å². The van der Waals surface area contributed by atoms with Gasteiger partial charge in [0.05, 0.1) is 27.8 Å². The quantitative estimate of drug-likeness (QED) is 0.112. The maximum atomic E-state index is 2.52. The molecule has 0 radical (unpaired) electrons. The van der Waals surface area contributed by atoms with Crippen molar-refractivity contribution in [2.75, 3.05) is 0 Å². The molecule has 2 nitrogen and oxygen atoms in total. The van der Waals surface area contributed by atoms with Crippen LogP contribution in [-0.2, 0) is 0 Å². The lowest BCUT2D eigenvalue weighted by Gasteiger charge is -2.34. The van der Waals surface area contributed by atoms with Crippen molar-refractivity contribution in [3.05, 3.63) is 243 Å². The van der Waals surface area contributed by atoms with Gasteiger partial charge in [-0.2, -0.15) is 0 Å². The van der Waals surface area contributed by atoms with E-state index in [2.05, 4.69) is 252 Å². The van der Waals surface area contributed by atoms with E-state index in [1.807, 2.05) is 11.3 Å². The highest BCUT2D eigenvalue weighted by Crippen LogP contribution is 2.46. The predicted molar refractivity (Wildman–Crippen MR) is 277 cm³/mol. The molecule has 3 heterocycles. The van der Waals surface area contributed by atoms with Gasteiger partial charge in [0.15, 0.2) is 8.07 Å². The molecule has 0 spiro atoms. The fourth-order valence-electron chi connectivity index (χ4n) is 10.9. The Labute approximate surface area is 376 Å². The first kappa shape index (κ1) is 36.9. The van der Waals surface area contributed by atoms with Crippen LogP contribution in [0.4, 0.5) is 0 Å². The molecule has 64 heavy (non-hydrogen) atoms. The van der Waals surface area contributed by atoms with E-state index in [9.17, 15) is 0 Å². The van der Waals surface area contributed by atoms with E-state index < -0.39 is 8.07 Å². The zero-order valence-corrected chi connectivity index (χ0v) is 36.7. The fraction of sp³-hybridized carbons (Fsp3) is 0. The van der Waals surface area contributed by atoms with E-state index in [-0.39, 0.29) is 0 Å².